The molecule has 0 heterocycles. The fourth-order valence-corrected chi connectivity index (χ4v) is 5.95. The summed E-state index contributed by atoms with van der Waals surface area (Å²) in [5, 5.41) is 0.560. The fourth-order valence-electron chi connectivity index (χ4n) is 2.77. The molecule has 0 radical (unpaired) electrons. The van der Waals surface area contributed by atoms with Crippen LogP contribution in [0.1, 0.15) is 38.2 Å². The van der Waals surface area contributed by atoms with Gasteiger partial charge in [-0.25, -0.2) is 16.5 Å². The van der Waals surface area contributed by atoms with E-state index in [0.717, 1.165) is 34.6 Å². The van der Waals surface area contributed by atoms with E-state index in [1.807, 2.05) is 13.8 Å². The van der Waals surface area contributed by atoms with Crippen LogP contribution in [0.15, 0.2) is 41.3 Å². The van der Waals surface area contributed by atoms with Gasteiger partial charge in [-0.05, 0) is 60.2 Å². The highest BCUT2D eigenvalue weighted by Gasteiger charge is 2.30. The van der Waals surface area contributed by atoms with E-state index in [0.29, 0.717) is 10.6 Å². The van der Waals surface area contributed by atoms with Crippen molar-refractivity contribution < 1.29 is 12.8 Å². The lowest BCUT2D eigenvalue weighted by Crippen LogP contribution is -2.26. The maximum Gasteiger partial charge on any atom is 0.274 e. The largest absolute Gasteiger partial charge is 0.274 e. The first-order chi connectivity index (χ1) is 12.2. The van der Waals surface area contributed by atoms with Crippen molar-refractivity contribution in [2.24, 2.45) is 0 Å². The Morgan fingerprint density at radius 3 is 2.38 bits per heavy atom. The van der Waals surface area contributed by atoms with E-state index in [1.54, 1.807) is 18.4 Å². The van der Waals surface area contributed by atoms with Gasteiger partial charge in [-0.15, -0.1) is 0 Å². The highest BCUT2D eigenvalue weighted by atomic mass is 35.5. The van der Waals surface area contributed by atoms with Crippen LogP contribution in [0.2, 0.25) is 10.0 Å². The second kappa shape index (κ2) is 8.83. The third kappa shape index (κ3) is 4.47. The molecule has 0 saturated heterocycles. The summed E-state index contributed by atoms with van der Waals surface area (Å²) in [6, 6.07) is 8.64. The van der Waals surface area contributed by atoms with E-state index >= 15 is 0 Å². The van der Waals surface area contributed by atoms with Crippen LogP contribution in [0.3, 0.4) is 0 Å². The average molecular weight is 436 g/mol. The zero-order chi connectivity index (χ0) is 19.5. The maximum atomic E-state index is 14.3. The predicted octanol–water partition coefficient (Wildman–Crippen LogP) is 6.51. The van der Waals surface area contributed by atoms with E-state index < -0.39 is 15.8 Å². The molecule has 0 aliphatic carbocycles. The third-order valence-electron chi connectivity index (χ3n) is 4.00. The van der Waals surface area contributed by atoms with Crippen LogP contribution >= 0.6 is 35.1 Å². The van der Waals surface area contributed by atoms with Gasteiger partial charge < -0.3 is 0 Å². The Hall–Kier alpha value is -0.950. The van der Waals surface area contributed by atoms with Gasteiger partial charge >= 0.3 is 0 Å². The second-order valence-electron chi connectivity index (χ2n) is 5.88. The number of halogens is 3. The summed E-state index contributed by atoms with van der Waals surface area (Å²) < 4.78 is 41.9. The minimum Gasteiger partial charge on any atom is -0.205 e. The smallest absolute Gasteiger partial charge is 0.205 e. The van der Waals surface area contributed by atoms with Crippen molar-refractivity contribution in [3.63, 3.8) is 0 Å². The van der Waals surface area contributed by atoms with E-state index in [4.69, 9.17) is 23.2 Å². The zero-order valence-electron chi connectivity index (χ0n) is 14.7. The first-order valence-electron chi connectivity index (χ1n) is 8.06. The molecule has 2 aromatic carbocycles. The molecule has 0 fully saturated rings. The van der Waals surface area contributed by atoms with Crippen molar-refractivity contribution in [1.82, 2.24) is 0 Å². The Morgan fingerprint density at radius 1 is 1.15 bits per heavy atom. The molecule has 3 nitrogen and oxygen atoms in total. The van der Waals surface area contributed by atoms with E-state index in [1.165, 1.54) is 18.2 Å². The van der Waals surface area contributed by atoms with E-state index in [9.17, 15) is 12.8 Å². The van der Waals surface area contributed by atoms with Gasteiger partial charge in [0.15, 0.2) is 0 Å². The van der Waals surface area contributed by atoms with Crippen molar-refractivity contribution in [2.75, 3.05) is 9.97 Å². The number of nitrogens with zero attached hydrogens (tertiary/aromatic N) is 1. The van der Waals surface area contributed by atoms with Crippen LogP contribution in [0.4, 0.5) is 10.1 Å². The molecule has 2 aromatic rings. The number of rotatable bonds is 7. The molecule has 0 spiro atoms. The summed E-state index contributed by atoms with van der Waals surface area (Å²) in [6.07, 6.45) is 3.31. The highest BCUT2D eigenvalue weighted by molar-refractivity contribution is 8.14. The second-order valence-corrected chi connectivity index (χ2v) is 9.47. The third-order valence-corrected chi connectivity index (χ3v) is 7.57. The van der Waals surface area contributed by atoms with Crippen molar-refractivity contribution in [3.05, 3.63) is 57.8 Å². The van der Waals surface area contributed by atoms with Crippen molar-refractivity contribution in [3.8, 4) is 0 Å². The first kappa shape index (κ1) is 21.4. The molecule has 0 N–H and O–H groups in total. The molecule has 0 aliphatic heterocycles. The summed E-state index contributed by atoms with van der Waals surface area (Å²) in [7, 11) is -4.05. The molecule has 0 aromatic heterocycles. The van der Waals surface area contributed by atoms with Gasteiger partial charge in [0.05, 0.1) is 4.90 Å². The van der Waals surface area contributed by atoms with Crippen molar-refractivity contribution >= 4 is 50.9 Å². The maximum absolute atomic E-state index is 14.3. The summed E-state index contributed by atoms with van der Waals surface area (Å²) >= 11 is 12.9. The summed E-state index contributed by atoms with van der Waals surface area (Å²) in [5.74, 6) is -0.646. The SMILES string of the molecule is CCC[C@@H](C)c1ccc(Cl)cc1S(=O)(=O)N(SC)c1cc(Cl)ccc1F. The monoisotopic (exact) mass is 435 g/mol. The number of hydrogen-bond donors (Lipinski definition) is 0. The molecule has 8 heteroatoms. The Labute approximate surface area is 168 Å². The summed E-state index contributed by atoms with van der Waals surface area (Å²) in [5.41, 5.74) is 0.553. The Bertz CT molecular complexity index is 891. The number of anilines is 1. The van der Waals surface area contributed by atoms with Gasteiger partial charge in [-0.3, -0.25) is 0 Å². The van der Waals surface area contributed by atoms with Crippen molar-refractivity contribution in [2.45, 2.75) is 37.5 Å². The lowest BCUT2D eigenvalue weighted by Gasteiger charge is -2.25. The Kier molecular flexibility index (Phi) is 7.25. The van der Waals surface area contributed by atoms with Gasteiger partial charge in [0, 0.05) is 16.3 Å². The molecule has 26 heavy (non-hydrogen) atoms. The number of sulfonamides is 1. The summed E-state index contributed by atoms with van der Waals surface area (Å²) in [6.45, 7) is 4.01. The molecule has 0 unspecified atom stereocenters. The van der Waals surface area contributed by atoms with Gasteiger partial charge in [0.2, 0.25) is 0 Å². The Morgan fingerprint density at radius 2 is 1.77 bits per heavy atom. The molecule has 0 aliphatic rings. The van der Waals surface area contributed by atoms with Gasteiger partial charge in [0.1, 0.15) is 11.5 Å². The van der Waals surface area contributed by atoms with Crippen LogP contribution in [-0.2, 0) is 10.0 Å². The first-order valence-corrected chi connectivity index (χ1v) is 11.4. The molecule has 142 valence electrons. The molecule has 2 rings (SSSR count). The van der Waals surface area contributed by atoms with E-state index in [-0.39, 0.29) is 21.5 Å². The Balaban J connectivity index is 2.65. The lowest BCUT2D eigenvalue weighted by atomic mass is 9.97. The standard InChI is InChI=1S/C18H20Cl2FNO2S2/c1-4-5-12(2)15-8-6-14(20)11-18(15)26(23,24)22(25-3)17-10-13(19)7-9-16(17)21/h6-12H,4-5H2,1-3H3/t12-/m1/s1. The normalized spacial score (nSPS) is 12.8. The van der Waals surface area contributed by atoms with Crippen LogP contribution in [0.5, 0.6) is 0 Å². The van der Waals surface area contributed by atoms with Crippen LogP contribution in [0.25, 0.3) is 0 Å². The lowest BCUT2D eigenvalue weighted by molar-refractivity contribution is 0.589. The molecular formula is C18H20Cl2FNO2S2. The highest BCUT2D eigenvalue weighted by Crippen LogP contribution is 2.37. The van der Waals surface area contributed by atoms with Crippen LogP contribution in [0, 0.1) is 5.82 Å². The minimum atomic E-state index is -4.05. The summed E-state index contributed by atoms with van der Waals surface area (Å²) in [4.78, 5) is 0.0830. The van der Waals surface area contributed by atoms with Gasteiger partial charge in [0.25, 0.3) is 10.0 Å². The zero-order valence-corrected chi connectivity index (χ0v) is 17.8. The molecule has 0 saturated carbocycles. The molecular weight excluding hydrogens is 416 g/mol. The van der Waals surface area contributed by atoms with Crippen LogP contribution < -0.4 is 3.71 Å². The predicted molar refractivity (Wildman–Crippen MR) is 109 cm³/mol. The van der Waals surface area contributed by atoms with Crippen molar-refractivity contribution in [1.29, 1.82) is 0 Å². The number of hydrogen-bond acceptors (Lipinski definition) is 3. The van der Waals surface area contributed by atoms with Gasteiger partial charge in [-0.1, -0.05) is 49.5 Å². The van der Waals surface area contributed by atoms with Crippen LogP contribution in [-0.4, -0.2) is 14.7 Å². The topological polar surface area (TPSA) is 37.4 Å². The minimum absolute atomic E-state index is 0.0231. The number of benzene rings is 2. The quantitative estimate of drug-likeness (QED) is 0.465. The average Bonchev–Trinajstić information content (AvgIpc) is 2.58. The molecule has 0 amide bonds. The van der Waals surface area contributed by atoms with E-state index in [2.05, 4.69) is 0 Å². The molecule has 0 bridgehead atoms. The fraction of sp³-hybridized carbons (Fsp3) is 0.333. The van der Waals surface area contributed by atoms with Gasteiger partial charge in [-0.2, -0.15) is 0 Å². The molecule has 1 atom stereocenters.